The SMILES string of the molecule is C=O.CN1C=CCCCC1=O. The van der Waals surface area contributed by atoms with E-state index in [9.17, 15) is 4.79 Å². The van der Waals surface area contributed by atoms with Crippen molar-refractivity contribution in [1.82, 2.24) is 4.90 Å². The standard InChI is InChI=1S/C7H11NO.CH2O/c1-8-6-4-2-3-5-7(8)9;1-2/h4,6H,2-3,5H2,1H3;1H2. The molecule has 0 N–H and O–H groups in total. The topological polar surface area (TPSA) is 37.4 Å². The zero-order valence-electron chi connectivity index (χ0n) is 6.75. The van der Waals surface area contributed by atoms with Crippen molar-refractivity contribution in [3.05, 3.63) is 12.3 Å². The summed E-state index contributed by atoms with van der Waals surface area (Å²) in [7, 11) is 1.80. The van der Waals surface area contributed by atoms with E-state index in [1.165, 1.54) is 0 Å². The fourth-order valence-electron chi connectivity index (χ4n) is 0.863. The molecule has 0 aromatic carbocycles. The van der Waals surface area contributed by atoms with Gasteiger partial charge in [-0.2, -0.15) is 0 Å². The van der Waals surface area contributed by atoms with Gasteiger partial charge < -0.3 is 9.69 Å². The molecule has 1 aliphatic rings. The zero-order valence-corrected chi connectivity index (χ0v) is 6.75. The summed E-state index contributed by atoms with van der Waals surface area (Å²) < 4.78 is 0. The van der Waals surface area contributed by atoms with Gasteiger partial charge in [-0.3, -0.25) is 4.79 Å². The van der Waals surface area contributed by atoms with Gasteiger partial charge in [-0.1, -0.05) is 6.08 Å². The molecule has 0 aliphatic carbocycles. The minimum atomic E-state index is 0.226. The molecule has 3 heteroatoms. The lowest BCUT2D eigenvalue weighted by Gasteiger charge is -2.07. The molecule has 0 saturated carbocycles. The van der Waals surface area contributed by atoms with Crippen molar-refractivity contribution in [2.24, 2.45) is 0 Å². The van der Waals surface area contributed by atoms with E-state index in [0.717, 1.165) is 12.8 Å². The van der Waals surface area contributed by atoms with Crippen LogP contribution >= 0.6 is 0 Å². The maximum atomic E-state index is 10.9. The molecule has 0 atom stereocenters. The first kappa shape index (κ1) is 9.88. The molecule has 0 aromatic rings. The van der Waals surface area contributed by atoms with Crippen LogP contribution in [0.15, 0.2) is 12.3 Å². The first-order chi connectivity index (χ1) is 5.30. The lowest BCUT2D eigenvalue weighted by molar-refractivity contribution is -0.127. The maximum absolute atomic E-state index is 10.9. The van der Waals surface area contributed by atoms with Crippen LogP contribution < -0.4 is 0 Å². The van der Waals surface area contributed by atoms with Gasteiger partial charge in [0.2, 0.25) is 5.91 Å². The van der Waals surface area contributed by atoms with E-state index in [2.05, 4.69) is 0 Å². The fourth-order valence-corrected chi connectivity index (χ4v) is 0.863. The molecule has 1 rings (SSSR count). The maximum Gasteiger partial charge on any atom is 0.226 e. The third-order valence-electron chi connectivity index (χ3n) is 1.48. The molecule has 0 aromatic heterocycles. The second kappa shape index (κ2) is 5.65. The third-order valence-corrected chi connectivity index (χ3v) is 1.48. The first-order valence-electron chi connectivity index (χ1n) is 3.52. The molecule has 62 valence electrons. The van der Waals surface area contributed by atoms with Crippen molar-refractivity contribution in [3.63, 3.8) is 0 Å². The van der Waals surface area contributed by atoms with Crippen molar-refractivity contribution >= 4 is 12.7 Å². The fraction of sp³-hybridized carbons (Fsp3) is 0.500. The first-order valence-corrected chi connectivity index (χ1v) is 3.52. The van der Waals surface area contributed by atoms with E-state index in [1.54, 1.807) is 11.9 Å². The van der Waals surface area contributed by atoms with E-state index >= 15 is 0 Å². The Labute approximate surface area is 66.7 Å². The van der Waals surface area contributed by atoms with Crippen LogP contribution in [0.25, 0.3) is 0 Å². The molecular formula is C8H13NO2. The van der Waals surface area contributed by atoms with Gasteiger partial charge in [0.15, 0.2) is 0 Å². The Hall–Kier alpha value is -1.12. The Kier molecular flexibility index (Phi) is 5.07. The molecule has 0 unspecified atom stereocenters. The molecule has 1 amide bonds. The van der Waals surface area contributed by atoms with Gasteiger partial charge in [-0.15, -0.1) is 0 Å². The summed E-state index contributed by atoms with van der Waals surface area (Å²) in [6.45, 7) is 2.00. The summed E-state index contributed by atoms with van der Waals surface area (Å²) in [5.74, 6) is 0.226. The lowest BCUT2D eigenvalue weighted by atomic mass is 10.2. The molecule has 1 aliphatic heterocycles. The number of allylic oxidation sites excluding steroid dienone is 1. The Balaban J connectivity index is 0.000000461. The minimum Gasteiger partial charge on any atom is -0.322 e. The number of hydrogen-bond acceptors (Lipinski definition) is 2. The van der Waals surface area contributed by atoms with Gasteiger partial charge in [0.1, 0.15) is 6.79 Å². The number of nitrogens with zero attached hydrogens (tertiary/aromatic N) is 1. The molecular weight excluding hydrogens is 142 g/mol. The highest BCUT2D eigenvalue weighted by atomic mass is 16.2. The average Bonchev–Trinajstić information content (AvgIpc) is 2.22. The van der Waals surface area contributed by atoms with Crippen LogP contribution in [0.4, 0.5) is 0 Å². The van der Waals surface area contributed by atoms with Gasteiger partial charge >= 0.3 is 0 Å². The lowest BCUT2D eigenvalue weighted by Crippen LogP contribution is -2.18. The average molecular weight is 155 g/mol. The van der Waals surface area contributed by atoms with Crippen LogP contribution in [0, 0.1) is 0 Å². The highest BCUT2D eigenvalue weighted by molar-refractivity contribution is 5.77. The second-order valence-electron chi connectivity index (χ2n) is 2.28. The predicted molar refractivity (Wildman–Crippen MR) is 42.9 cm³/mol. The molecule has 0 fully saturated rings. The monoisotopic (exact) mass is 155 g/mol. The number of rotatable bonds is 0. The van der Waals surface area contributed by atoms with E-state index in [4.69, 9.17) is 4.79 Å². The van der Waals surface area contributed by atoms with Crippen LogP contribution in [-0.4, -0.2) is 24.6 Å². The van der Waals surface area contributed by atoms with Gasteiger partial charge in [0, 0.05) is 19.7 Å². The van der Waals surface area contributed by atoms with Crippen molar-refractivity contribution < 1.29 is 9.59 Å². The van der Waals surface area contributed by atoms with Crippen LogP contribution in [0.5, 0.6) is 0 Å². The van der Waals surface area contributed by atoms with Crippen LogP contribution in [0.1, 0.15) is 19.3 Å². The molecule has 0 radical (unpaired) electrons. The minimum absolute atomic E-state index is 0.226. The Bertz CT molecular complexity index is 154. The number of amides is 1. The van der Waals surface area contributed by atoms with Crippen molar-refractivity contribution in [3.8, 4) is 0 Å². The number of hydrogen-bond donors (Lipinski definition) is 0. The van der Waals surface area contributed by atoms with Gasteiger partial charge in [0.25, 0.3) is 0 Å². The smallest absolute Gasteiger partial charge is 0.226 e. The summed E-state index contributed by atoms with van der Waals surface area (Å²) in [6.07, 6.45) is 6.61. The predicted octanol–water partition coefficient (Wildman–Crippen LogP) is 0.958. The molecule has 0 spiro atoms. The Morgan fingerprint density at radius 3 is 2.82 bits per heavy atom. The third kappa shape index (κ3) is 3.55. The van der Waals surface area contributed by atoms with E-state index in [0.29, 0.717) is 6.42 Å². The van der Waals surface area contributed by atoms with E-state index in [-0.39, 0.29) is 5.91 Å². The quantitative estimate of drug-likeness (QED) is 0.522. The normalized spacial score (nSPS) is 16.8. The highest BCUT2D eigenvalue weighted by Crippen LogP contribution is 2.05. The molecule has 0 saturated heterocycles. The van der Waals surface area contributed by atoms with Crippen molar-refractivity contribution in [2.45, 2.75) is 19.3 Å². The number of carbonyl (C=O) groups excluding carboxylic acids is 2. The molecule has 3 nitrogen and oxygen atoms in total. The highest BCUT2D eigenvalue weighted by Gasteiger charge is 2.06. The van der Waals surface area contributed by atoms with E-state index in [1.807, 2.05) is 19.1 Å². The molecule has 0 bridgehead atoms. The Morgan fingerprint density at radius 1 is 1.55 bits per heavy atom. The summed E-state index contributed by atoms with van der Waals surface area (Å²) >= 11 is 0. The summed E-state index contributed by atoms with van der Waals surface area (Å²) in [6, 6.07) is 0. The van der Waals surface area contributed by atoms with Crippen molar-refractivity contribution in [2.75, 3.05) is 7.05 Å². The largest absolute Gasteiger partial charge is 0.322 e. The number of carbonyl (C=O) groups is 2. The van der Waals surface area contributed by atoms with Crippen LogP contribution in [0.3, 0.4) is 0 Å². The van der Waals surface area contributed by atoms with Gasteiger partial charge in [-0.05, 0) is 12.8 Å². The Morgan fingerprint density at radius 2 is 2.18 bits per heavy atom. The summed E-state index contributed by atoms with van der Waals surface area (Å²) in [4.78, 5) is 20.5. The van der Waals surface area contributed by atoms with Crippen molar-refractivity contribution in [1.29, 1.82) is 0 Å². The summed E-state index contributed by atoms with van der Waals surface area (Å²) in [5, 5.41) is 0. The summed E-state index contributed by atoms with van der Waals surface area (Å²) in [5.41, 5.74) is 0. The van der Waals surface area contributed by atoms with Crippen LogP contribution in [-0.2, 0) is 9.59 Å². The molecule has 1 heterocycles. The van der Waals surface area contributed by atoms with Crippen LogP contribution in [0.2, 0.25) is 0 Å². The van der Waals surface area contributed by atoms with Gasteiger partial charge in [-0.25, -0.2) is 0 Å². The second-order valence-corrected chi connectivity index (χ2v) is 2.28. The van der Waals surface area contributed by atoms with Gasteiger partial charge in [0.05, 0.1) is 0 Å². The zero-order chi connectivity index (χ0) is 8.69. The van der Waals surface area contributed by atoms with E-state index < -0.39 is 0 Å². The molecule has 11 heavy (non-hydrogen) atoms.